The van der Waals surface area contributed by atoms with E-state index in [1.54, 1.807) is 6.92 Å². The number of hydrogen-bond donors (Lipinski definition) is 2. The van der Waals surface area contributed by atoms with Crippen LogP contribution >= 0.6 is 0 Å². The molecule has 1 unspecified atom stereocenters. The molecule has 6 nitrogen and oxygen atoms in total. The van der Waals surface area contributed by atoms with Crippen LogP contribution in [0.3, 0.4) is 0 Å². The van der Waals surface area contributed by atoms with E-state index in [1.165, 1.54) is 0 Å². The van der Waals surface area contributed by atoms with Crippen molar-refractivity contribution in [2.45, 2.75) is 72.0 Å². The Morgan fingerprint density at radius 3 is 2.26 bits per heavy atom. The van der Waals surface area contributed by atoms with Gasteiger partial charge in [0.1, 0.15) is 11.4 Å². The third-order valence-corrected chi connectivity index (χ3v) is 3.70. The van der Waals surface area contributed by atoms with Crippen LogP contribution in [0.4, 0.5) is 4.79 Å². The van der Waals surface area contributed by atoms with Crippen molar-refractivity contribution in [2.75, 3.05) is 13.1 Å². The second kappa shape index (κ2) is 9.62. The van der Waals surface area contributed by atoms with Crippen molar-refractivity contribution >= 4 is 12.0 Å². The summed E-state index contributed by atoms with van der Waals surface area (Å²) >= 11 is 0. The Morgan fingerprint density at radius 2 is 1.67 bits per heavy atom. The van der Waals surface area contributed by atoms with Crippen LogP contribution in [0.25, 0.3) is 0 Å². The van der Waals surface area contributed by atoms with E-state index >= 15 is 0 Å². The SMILES string of the molecule is CC(Oc1cccc(C(C)(C)C)c1)C(=O)NCCCNC(=O)OC(C)(C)C. The van der Waals surface area contributed by atoms with Crippen LogP contribution in [-0.2, 0) is 14.9 Å². The fourth-order valence-electron chi connectivity index (χ4n) is 2.24. The van der Waals surface area contributed by atoms with Gasteiger partial charge in [-0.15, -0.1) is 0 Å². The number of nitrogens with one attached hydrogen (secondary N) is 2. The summed E-state index contributed by atoms with van der Waals surface area (Å²) in [5.74, 6) is 0.491. The zero-order chi connectivity index (χ0) is 20.7. The van der Waals surface area contributed by atoms with Gasteiger partial charge >= 0.3 is 6.09 Å². The van der Waals surface area contributed by atoms with Crippen molar-refractivity contribution in [1.29, 1.82) is 0 Å². The lowest BCUT2D eigenvalue weighted by Crippen LogP contribution is -2.38. The second-order valence-electron chi connectivity index (χ2n) is 8.61. The molecule has 0 aliphatic rings. The molecule has 2 amide bonds. The maximum absolute atomic E-state index is 12.2. The highest BCUT2D eigenvalue weighted by Gasteiger charge is 2.18. The summed E-state index contributed by atoms with van der Waals surface area (Å²) in [7, 11) is 0. The van der Waals surface area contributed by atoms with Gasteiger partial charge in [-0.05, 0) is 57.2 Å². The number of rotatable bonds is 7. The zero-order valence-corrected chi connectivity index (χ0v) is 17.6. The Morgan fingerprint density at radius 1 is 1.04 bits per heavy atom. The lowest BCUT2D eigenvalue weighted by Gasteiger charge is -2.21. The second-order valence-corrected chi connectivity index (χ2v) is 8.61. The average molecular weight is 379 g/mol. The number of alkyl carbamates (subject to hydrolysis) is 1. The van der Waals surface area contributed by atoms with Gasteiger partial charge in [-0.2, -0.15) is 0 Å². The summed E-state index contributed by atoms with van der Waals surface area (Å²) in [4.78, 5) is 23.7. The minimum atomic E-state index is -0.598. The molecule has 0 fully saturated rings. The molecule has 0 aliphatic heterocycles. The smallest absolute Gasteiger partial charge is 0.407 e. The molecular formula is C21H34N2O4. The van der Waals surface area contributed by atoms with Crippen molar-refractivity contribution in [1.82, 2.24) is 10.6 Å². The quantitative estimate of drug-likeness (QED) is 0.708. The highest BCUT2D eigenvalue weighted by Crippen LogP contribution is 2.26. The maximum Gasteiger partial charge on any atom is 0.407 e. The van der Waals surface area contributed by atoms with Crippen LogP contribution in [0.5, 0.6) is 5.75 Å². The van der Waals surface area contributed by atoms with Crippen molar-refractivity contribution in [2.24, 2.45) is 0 Å². The van der Waals surface area contributed by atoms with E-state index in [-0.39, 0.29) is 11.3 Å². The first-order valence-corrected chi connectivity index (χ1v) is 9.40. The number of amides is 2. The molecule has 0 aromatic heterocycles. The van der Waals surface area contributed by atoms with E-state index in [0.717, 1.165) is 5.56 Å². The zero-order valence-electron chi connectivity index (χ0n) is 17.6. The first-order valence-electron chi connectivity index (χ1n) is 9.40. The Kier molecular flexibility index (Phi) is 8.13. The summed E-state index contributed by atoms with van der Waals surface area (Å²) in [6.07, 6.45) is -0.444. The van der Waals surface area contributed by atoms with Crippen molar-refractivity contribution < 1.29 is 19.1 Å². The molecule has 27 heavy (non-hydrogen) atoms. The van der Waals surface area contributed by atoms with Crippen LogP contribution < -0.4 is 15.4 Å². The first kappa shape index (κ1) is 22.8. The molecule has 1 atom stereocenters. The van der Waals surface area contributed by atoms with Gasteiger partial charge in [0.15, 0.2) is 6.10 Å². The molecule has 1 aromatic carbocycles. The van der Waals surface area contributed by atoms with E-state index in [2.05, 4.69) is 37.5 Å². The predicted octanol–water partition coefficient (Wildman–Crippen LogP) is 3.78. The van der Waals surface area contributed by atoms with Crippen molar-refractivity contribution in [3.63, 3.8) is 0 Å². The number of carbonyl (C=O) groups excluding carboxylic acids is 2. The van der Waals surface area contributed by atoms with Gasteiger partial charge in [0.05, 0.1) is 0 Å². The predicted molar refractivity (Wildman–Crippen MR) is 107 cm³/mol. The molecule has 0 radical (unpaired) electrons. The van der Waals surface area contributed by atoms with E-state index < -0.39 is 17.8 Å². The number of ether oxygens (including phenoxy) is 2. The maximum atomic E-state index is 12.2. The molecule has 2 N–H and O–H groups in total. The Bertz CT molecular complexity index is 630. The third-order valence-electron chi connectivity index (χ3n) is 3.70. The summed E-state index contributed by atoms with van der Waals surface area (Å²) in [5, 5.41) is 5.47. The minimum absolute atomic E-state index is 0.0198. The number of benzene rings is 1. The molecule has 0 aliphatic carbocycles. The van der Waals surface area contributed by atoms with Crippen LogP contribution in [0, 0.1) is 0 Å². The van der Waals surface area contributed by atoms with E-state index in [4.69, 9.17) is 9.47 Å². The standard InChI is InChI=1S/C21H34N2O4/c1-15(26-17-11-8-10-16(14-17)20(2,3)4)18(24)22-12-9-13-23-19(25)27-21(5,6)7/h8,10-11,14-15H,9,12-13H2,1-7H3,(H,22,24)(H,23,25). The van der Waals surface area contributed by atoms with Crippen molar-refractivity contribution in [3.05, 3.63) is 29.8 Å². The lowest BCUT2D eigenvalue weighted by molar-refractivity contribution is -0.127. The Balaban J connectivity index is 2.34. The van der Waals surface area contributed by atoms with Crippen LogP contribution in [0.2, 0.25) is 0 Å². The Labute approximate surface area is 163 Å². The topological polar surface area (TPSA) is 76.7 Å². The van der Waals surface area contributed by atoms with Crippen LogP contribution in [0.15, 0.2) is 24.3 Å². The number of carbonyl (C=O) groups is 2. The fraction of sp³-hybridized carbons (Fsp3) is 0.619. The van der Waals surface area contributed by atoms with Gasteiger partial charge < -0.3 is 20.1 Å². The van der Waals surface area contributed by atoms with Gasteiger partial charge in [0, 0.05) is 13.1 Å². The molecule has 0 spiro atoms. The fourth-order valence-corrected chi connectivity index (χ4v) is 2.24. The molecule has 1 rings (SSSR count). The highest BCUT2D eigenvalue weighted by molar-refractivity contribution is 5.80. The third kappa shape index (κ3) is 9.31. The molecule has 0 saturated heterocycles. The highest BCUT2D eigenvalue weighted by atomic mass is 16.6. The molecule has 152 valence electrons. The van der Waals surface area contributed by atoms with Gasteiger partial charge in [0.2, 0.25) is 0 Å². The summed E-state index contributed by atoms with van der Waals surface area (Å²) < 4.78 is 10.9. The first-order chi connectivity index (χ1) is 12.4. The molecule has 6 heteroatoms. The largest absolute Gasteiger partial charge is 0.481 e. The average Bonchev–Trinajstić information content (AvgIpc) is 2.52. The van der Waals surface area contributed by atoms with E-state index in [0.29, 0.717) is 25.3 Å². The van der Waals surface area contributed by atoms with E-state index in [9.17, 15) is 9.59 Å². The molecular weight excluding hydrogens is 344 g/mol. The van der Waals surface area contributed by atoms with Gasteiger partial charge in [-0.25, -0.2) is 4.79 Å². The summed E-state index contributed by atoms with van der Waals surface area (Å²) in [6.45, 7) is 14.4. The van der Waals surface area contributed by atoms with Crippen LogP contribution in [-0.4, -0.2) is 36.8 Å². The molecule has 0 saturated carbocycles. The lowest BCUT2D eigenvalue weighted by atomic mass is 9.87. The summed E-state index contributed by atoms with van der Waals surface area (Å²) in [5.41, 5.74) is 0.655. The molecule has 0 heterocycles. The van der Waals surface area contributed by atoms with Crippen molar-refractivity contribution in [3.8, 4) is 5.75 Å². The van der Waals surface area contributed by atoms with Crippen LogP contribution in [0.1, 0.15) is 60.5 Å². The normalized spacial score (nSPS) is 12.9. The van der Waals surface area contributed by atoms with Gasteiger partial charge in [-0.1, -0.05) is 32.9 Å². The van der Waals surface area contributed by atoms with E-state index in [1.807, 2.05) is 39.0 Å². The molecule has 0 bridgehead atoms. The summed E-state index contributed by atoms with van der Waals surface area (Å²) in [6, 6.07) is 7.80. The minimum Gasteiger partial charge on any atom is -0.481 e. The molecule has 1 aromatic rings. The van der Waals surface area contributed by atoms with Gasteiger partial charge in [0.25, 0.3) is 5.91 Å². The monoisotopic (exact) mass is 378 g/mol. The van der Waals surface area contributed by atoms with Gasteiger partial charge in [-0.3, -0.25) is 4.79 Å². The Hall–Kier alpha value is -2.24. The number of hydrogen-bond acceptors (Lipinski definition) is 4.